The highest BCUT2D eigenvalue weighted by molar-refractivity contribution is 7.85. The number of hydrogen-bond donors (Lipinski definition) is 1. The number of halogens is 3. The zero-order valence-electron chi connectivity index (χ0n) is 19.4. The summed E-state index contributed by atoms with van der Waals surface area (Å²) in [6.45, 7) is 2.90. The van der Waals surface area contributed by atoms with E-state index >= 15 is 0 Å². The molecule has 0 aromatic heterocycles. The summed E-state index contributed by atoms with van der Waals surface area (Å²) < 4.78 is 44.4. The predicted octanol–water partition coefficient (Wildman–Crippen LogP) is 4.74. The number of ketones is 1. The van der Waals surface area contributed by atoms with Crippen molar-refractivity contribution in [2.75, 3.05) is 41.4 Å². The van der Waals surface area contributed by atoms with E-state index in [0.29, 0.717) is 23.3 Å². The first-order valence-corrected chi connectivity index (χ1v) is 13.0. The van der Waals surface area contributed by atoms with E-state index in [0.717, 1.165) is 36.5 Å². The maximum atomic E-state index is 13.6. The molecule has 0 atom stereocenters. The number of anilines is 2. The summed E-state index contributed by atoms with van der Waals surface area (Å²) >= 11 is 6.02. The van der Waals surface area contributed by atoms with Crippen molar-refractivity contribution in [1.29, 1.82) is 0 Å². The normalized spacial score (nSPS) is 13.9. The lowest BCUT2D eigenvalue weighted by Gasteiger charge is -2.29. The smallest absolute Gasteiger partial charge is 0.262 e. The standard InChI is InChI=1S/C26H23ClF2N2O4S/c1-16-10-21(31-6-8-36(34)9-7-31)3-4-23(16)30-25(32)15-35-24-5-2-18(27)13-22(24)26(33)17-11-19(28)14-20(29)12-17/h2-5,10-14H,6-9,15H2,1H3,(H,30,32). The lowest BCUT2D eigenvalue weighted by Crippen LogP contribution is -2.37. The van der Waals surface area contributed by atoms with E-state index in [9.17, 15) is 22.6 Å². The quantitative estimate of drug-likeness (QED) is 0.445. The van der Waals surface area contributed by atoms with Gasteiger partial charge in [-0.2, -0.15) is 0 Å². The van der Waals surface area contributed by atoms with Crippen LogP contribution < -0.4 is 15.0 Å². The summed E-state index contributed by atoms with van der Waals surface area (Å²) in [5.41, 5.74) is 2.22. The molecule has 0 unspecified atom stereocenters. The summed E-state index contributed by atoms with van der Waals surface area (Å²) in [5.74, 6) is -1.60. The Hall–Kier alpha value is -3.30. The zero-order chi connectivity index (χ0) is 25.8. The van der Waals surface area contributed by atoms with Gasteiger partial charge in [0.05, 0.1) is 5.56 Å². The van der Waals surface area contributed by atoms with Crippen LogP contribution in [0.25, 0.3) is 0 Å². The lowest BCUT2D eigenvalue weighted by atomic mass is 10.0. The van der Waals surface area contributed by atoms with Gasteiger partial charge in [-0.3, -0.25) is 13.8 Å². The second-order valence-corrected chi connectivity index (χ2v) is 10.4. The Morgan fingerprint density at radius 3 is 2.39 bits per heavy atom. The van der Waals surface area contributed by atoms with E-state index in [-0.39, 0.29) is 21.9 Å². The van der Waals surface area contributed by atoms with Crippen LogP contribution in [0, 0.1) is 18.6 Å². The van der Waals surface area contributed by atoms with Crippen LogP contribution in [-0.2, 0) is 15.6 Å². The Labute approximate surface area is 214 Å². The Morgan fingerprint density at radius 2 is 1.72 bits per heavy atom. The summed E-state index contributed by atoms with van der Waals surface area (Å²) in [5, 5.41) is 3.01. The molecule has 1 aliphatic heterocycles. The molecule has 0 spiro atoms. The third-order valence-corrected chi connectivity index (χ3v) is 7.21. The predicted molar refractivity (Wildman–Crippen MR) is 137 cm³/mol. The highest BCUT2D eigenvalue weighted by atomic mass is 35.5. The first kappa shape index (κ1) is 25.8. The van der Waals surface area contributed by atoms with Gasteiger partial charge in [-0.15, -0.1) is 0 Å². The molecule has 36 heavy (non-hydrogen) atoms. The lowest BCUT2D eigenvalue weighted by molar-refractivity contribution is -0.118. The molecule has 1 amide bonds. The number of amides is 1. The van der Waals surface area contributed by atoms with Gasteiger partial charge in [-0.25, -0.2) is 8.78 Å². The molecule has 1 heterocycles. The van der Waals surface area contributed by atoms with E-state index in [4.69, 9.17) is 16.3 Å². The Kier molecular flexibility index (Phi) is 8.01. The van der Waals surface area contributed by atoms with Crippen LogP contribution in [0.4, 0.5) is 20.2 Å². The third kappa shape index (κ3) is 6.27. The van der Waals surface area contributed by atoms with Crippen LogP contribution in [0.5, 0.6) is 5.75 Å². The van der Waals surface area contributed by atoms with Crippen molar-refractivity contribution in [2.45, 2.75) is 6.92 Å². The highest BCUT2D eigenvalue weighted by Gasteiger charge is 2.19. The minimum absolute atomic E-state index is 0.0247. The fraction of sp³-hybridized carbons (Fsp3) is 0.231. The monoisotopic (exact) mass is 532 g/mol. The van der Waals surface area contributed by atoms with E-state index in [2.05, 4.69) is 10.2 Å². The number of nitrogens with zero attached hydrogens (tertiary/aromatic N) is 1. The van der Waals surface area contributed by atoms with Gasteiger partial charge >= 0.3 is 0 Å². The van der Waals surface area contributed by atoms with Crippen LogP contribution >= 0.6 is 11.6 Å². The molecule has 4 rings (SSSR count). The Morgan fingerprint density at radius 1 is 1.03 bits per heavy atom. The van der Waals surface area contributed by atoms with Crippen molar-refractivity contribution < 1.29 is 27.3 Å². The van der Waals surface area contributed by atoms with Gasteiger partial charge in [0.1, 0.15) is 17.4 Å². The molecule has 0 bridgehead atoms. The minimum atomic E-state index is -0.890. The molecular weight excluding hydrogens is 510 g/mol. The second-order valence-electron chi connectivity index (χ2n) is 8.30. The van der Waals surface area contributed by atoms with E-state index in [1.54, 1.807) is 6.07 Å². The number of ether oxygens (including phenoxy) is 1. The van der Waals surface area contributed by atoms with E-state index in [1.807, 2.05) is 19.1 Å². The number of rotatable bonds is 7. The number of carbonyl (C=O) groups is 2. The SMILES string of the molecule is Cc1cc(N2CCS(=O)CC2)ccc1NC(=O)COc1ccc(Cl)cc1C(=O)c1cc(F)cc(F)c1. The number of benzene rings is 3. The molecule has 188 valence electrons. The van der Waals surface area contributed by atoms with Gasteiger partial charge in [0.2, 0.25) is 0 Å². The topological polar surface area (TPSA) is 75.7 Å². The minimum Gasteiger partial charge on any atom is -0.483 e. The number of aryl methyl sites for hydroxylation is 1. The van der Waals surface area contributed by atoms with Gasteiger partial charge in [0.25, 0.3) is 5.91 Å². The highest BCUT2D eigenvalue weighted by Crippen LogP contribution is 2.27. The fourth-order valence-electron chi connectivity index (χ4n) is 3.86. The van der Waals surface area contributed by atoms with Crippen LogP contribution in [0.1, 0.15) is 21.5 Å². The zero-order valence-corrected chi connectivity index (χ0v) is 20.9. The fourth-order valence-corrected chi connectivity index (χ4v) is 5.08. The number of hydrogen-bond acceptors (Lipinski definition) is 5. The largest absolute Gasteiger partial charge is 0.483 e. The molecule has 1 saturated heterocycles. The molecule has 0 aliphatic carbocycles. The average molecular weight is 533 g/mol. The van der Waals surface area contributed by atoms with Crippen molar-refractivity contribution in [3.05, 3.63) is 87.9 Å². The second kappa shape index (κ2) is 11.2. The van der Waals surface area contributed by atoms with Gasteiger partial charge < -0.3 is 15.0 Å². The molecule has 10 heteroatoms. The van der Waals surface area contributed by atoms with Crippen molar-refractivity contribution in [3.63, 3.8) is 0 Å². The molecular formula is C26H23ClF2N2O4S. The molecule has 1 aliphatic rings. The summed E-state index contributed by atoms with van der Waals surface area (Å²) in [6.07, 6.45) is 0. The van der Waals surface area contributed by atoms with Crippen LogP contribution in [-0.4, -0.2) is 47.1 Å². The van der Waals surface area contributed by atoms with Crippen molar-refractivity contribution in [2.24, 2.45) is 0 Å². The molecule has 3 aromatic carbocycles. The van der Waals surface area contributed by atoms with E-state index in [1.165, 1.54) is 18.2 Å². The number of carbonyl (C=O) groups excluding carboxylic acids is 2. The summed E-state index contributed by atoms with van der Waals surface area (Å²) in [6, 6.07) is 12.4. The summed E-state index contributed by atoms with van der Waals surface area (Å²) in [7, 11) is -0.764. The Balaban J connectivity index is 1.43. The van der Waals surface area contributed by atoms with Crippen molar-refractivity contribution in [3.8, 4) is 5.75 Å². The van der Waals surface area contributed by atoms with Crippen molar-refractivity contribution in [1.82, 2.24) is 0 Å². The molecule has 1 fully saturated rings. The van der Waals surface area contributed by atoms with Gasteiger partial charge in [-0.05, 0) is 61.0 Å². The van der Waals surface area contributed by atoms with Gasteiger partial charge in [0, 0.05) is 63.4 Å². The van der Waals surface area contributed by atoms with Crippen LogP contribution in [0.15, 0.2) is 54.6 Å². The first-order valence-electron chi connectivity index (χ1n) is 11.1. The van der Waals surface area contributed by atoms with Gasteiger partial charge in [-0.1, -0.05) is 11.6 Å². The average Bonchev–Trinajstić information content (AvgIpc) is 2.84. The van der Waals surface area contributed by atoms with Crippen LogP contribution in [0.2, 0.25) is 5.02 Å². The molecule has 0 saturated carbocycles. The third-order valence-electron chi connectivity index (χ3n) is 5.70. The van der Waals surface area contributed by atoms with E-state index < -0.39 is 40.7 Å². The first-order chi connectivity index (χ1) is 17.2. The number of nitrogens with one attached hydrogen (secondary N) is 1. The molecule has 1 N–H and O–H groups in total. The molecule has 3 aromatic rings. The van der Waals surface area contributed by atoms with Gasteiger partial charge in [0.15, 0.2) is 12.4 Å². The molecule has 0 radical (unpaired) electrons. The summed E-state index contributed by atoms with van der Waals surface area (Å²) in [4.78, 5) is 27.6. The maximum absolute atomic E-state index is 13.6. The van der Waals surface area contributed by atoms with Crippen molar-refractivity contribution >= 4 is 45.5 Å². The van der Waals surface area contributed by atoms with Crippen LogP contribution in [0.3, 0.4) is 0 Å². The molecule has 6 nitrogen and oxygen atoms in total. The Bertz CT molecular complexity index is 1320. The maximum Gasteiger partial charge on any atom is 0.262 e.